The van der Waals surface area contributed by atoms with Gasteiger partial charge in [-0.2, -0.15) is 13.2 Å². The van der Waals surface area contributed by atoms with Gasteiger partial charge in [-0.05, 0) is 63.1 Å². The average molecular weight is 441 g/mol. The van der Waals surface area contributed by atoms with E-state index in [9.17, 15) is 23.1 Å². The van der Waals surface area contributed by atoms with Crippen LogP contribution in [0.1, 0.15) is 61.4 Å². The Kier molecular flexibility index (Phi) is 6.34. The first-order valence-corrected chi connectivity index (χ1v) is 11.2. The Balaban J connectivity index is 1.43. The van der Waals surface area contributed by atoms with Crippen LogP contribution in [0.15, 0.2) is 24.3 Å². The normalized spacial score (nSPS) is 24.0. The molecule has 1 amide bonds. The molecule has 1 N–H and O–H groups in total. The van der Waals surface area contributed by atoms with Gasteiger partial charge >= 0.3 is 6.18 Å². The number of hydrogen-bond acceptors (Lipinski definition) is 4. The van der Waals surface area contributed by atoms with Crippen LogP contribution in [0.25, 0.3) is 0 Å². The fraction of sp³-hybridized carbons (Fsp3) is 0.696. The zero-order valence-corrected chi connectivity index (χ0v) is 17.9. The second kappa shape index (κ2) is 8.71. The molecule has 31 heavy (non-hydrogen) atoms. The Hall–Kier alpha value is -1.64. The zero-order valence-electron chi connectivity index (χ0n) is 17.9. The maximum absolute atomic E-state index is 13.3. The maximum Gasteiger partial charge on any atom is 0.421 e. The first-order chi connectivity index (χ1) is 14.7. The van der Waals surface area contributed by atoms with E-state index in [1.165, 1.54) is 24.3 Å². The number of aliphatic hydroxyl groups is 1. The molecule has 1 aliphatic carbocycles. The molecule has 8 heteroatoms. The van der Waals surface area contributed by atoms with E-state index in [1.54, 1.807) is 0 Å². The van der Waals surface area contributed by atoms with Crippen molar-refractivity contribution in [3.8, 4) is 0 Å². The van der Waals surface area contributed by atoms with E-state index in [4.69, 9.17) is 4.74 Å². The van der Waals surface area contributed by atoms with Gasteiger partial charge < -0.3 is 19.6 Å². The number of hydrogen-bond donors (Lipinski definition) is 1. The first-order valence-electron chi connectivity index (χ1n) is 11.2. The minimum absolute atomic E-state index is 0.120. The summed E-state index contributed by atoms with van der Waals surface area (Å²) in [5.41, 5.74) is -2.83. The summed E-state index contributed by atoms with van der Waals surface area (Å²) >= 11 is 0. The molecule has 4 rings (SSSR count). The van der Waals surface area contributed by atoms with Gasteiger partial charge in [0.15, 0.2) is 5.60 Å². The molecule has 5 nitrogen and oxygen atoms in total. The van der Waals surface area contributed by atoms with Crippen molar-refractivity contribution >= 4 is 5.91 Å². The summed E-state index contributed by atoms with van der Waals surface area (Å²) in [5.74, 6) is -0.120. The number of amides is 1. The van der Waals surface area contributed by atoms with Gasteiger partial charge in [-0.15, -0.1) is 0 Å². The van der Waals surface area contributed by atoms with E-state index in [0.717, 1.165) is 71.8 Å². The standard InChI is InChI=1S/C23H31F3N2O3/c1-22(30,23(24,25)26)17-4-2-16(3-5-17)21(29)28(19-6-7-19)20-8-12-27(13-9-20)18-10-14-31-15-11-18/h2-5,18-20,30H,6-15H2,1H3/t22-/m0/s1. The summed E-state index contributed by atoms with van der Waals surface area (Å²) in [6, 6.07) is 6.18. The lowest BCUT2D eigenvalue weighted by atomic mass is 9.94. The fourth-order valence-corrected chi connectivity index (χ4v) is 4.81. The first kappa shape index (κ1) is 22.6. The second-order valence-corrected chi connectivity index (χ2v) is 9.20. The van der Waals surface area contributed by atoms with E-state index < -0.39 is 11.8 Å². The summed E-state index contributed by atoms with van der Waals surface area (Å²) in [5, 5.41) is 9.86. The molecule has 2 saturated heterocycles. The van der Waals surface area contributed by atoms with Crippen LogP contribution >= 0.6 is 0 Å². The number of halogens is 3. The lowest BCUT2D eigenvalue weighted by Gasteiger charge is -2.42. The van der Waals surface area contributed by atoms with Gasteiger partial charge in [0.25, 0.3) is 5.91 Å². The highest BCUT2D eigenvalue weighted by Gasteiger charge is 2.51. The molecule has 2 aliphatic heterocycles. The van der Waals surface area contributed by atoms with Gasteiger partial charge in [-0.3, -0.25) is 4.79 Å². The van der Waals surface area contributed by atoms with Crippen molar-refractivity contribution in [1.82, 2.24) is 9.80 Å². The van der Waals surface area contributed by atoms with Crippen LogP contribution < -0.4 is 0 Å². The molecular formula is C23H31F3N2O3. The molecule has 1 saturated carbocycles. The van der Waals surface area contributed by atoms with Crippen LogP contribution in [0, 0.1) is 0 Å². The van der Waals surface area contributed by atoms with Gasteiger partial charge in [-0.1, -0.05) is 12.1 Å². The smallest absolute Gasteiger partial charge is 0.381 e. The molecular weight excluding hydrogens is 409 g/mol. The number of benzene rings is 1. The molecule has 2 heterocycles. The number of likely N-dealkylation sites (tertiary alicyclic amines) is 1. The summed E-state index contributed by atoms with van der Waals surface area (Å²) in [6.45, 7) is 4.27. The van der Waals surface area contributed by atoms with Crippen LogP contribution in [0.2, 0.25) is 0 Å². The Morgan fingerprint density at radius 1 is 1.00 bits per heavy atom. The van der Waals surface area contributed by atoms with Crippen molar-refractivity contribution in [2.75, 3.05) is 26.3 Å². The van der Waals surface area contributed by atoms with Crippen LogP contribution in [-0.2, 0) is 10.3 Å². The Morgan fingerprint density at radius 3 is 2.06 bits per heavy atom. The maximum atomic E-state index is 13.3. The fourth-order valence-electron chi connectivity index (χ4n) is 4.81. The third kappa shape index (κ3) is 4.76. The molecule has 172 valence electrons. The monoisotopic (exact) mass is 440 g/mol. The third-order valence-corrected chi connectivity index (χ3v) is 7.02. The van der Waals surface area contributed by atoms with Crippen molar-refractivity contribution < 1.29 is 27.8 Å². The molecule has 3 fully saturated rings. The number of piperidine rings is 1. The lowest BCUT2D eigenvalue weighted by molar-refractivity contribution is -0.258. The zero-order chi connectivity index (χ0) is 22.2. The number of ether oxygens (including phenoxy) is 1. The number of rotatable bonds is 5. The molecule has 1 atom stereocenters. The molecule has 0 unspecified atom stereocenters. The van der Waals surface area contributed by atoms with Crippen molar-refractivity contribution in [3.05, 3.63) is 35.4 Å². The van der Waals surface area contributed by atoms with Crippen molar-refractivity contribution in [2.24, 2.45) is 0 Å². The highest BCUT2D eigenvalue weighted by Crippen LogP contribution is 2.39. The topological polar surface area (TPSA) is 53.0 Å². The highest BCUT2D eigenvalue weighted by molar-refractivity contribution is 5.95. The molecule has 0 spiro atoms. The number of carbonyl (C=O) groups is 1. The van der Waals surface area contributed by atoms with Crippen LogP contribution in [0.4, 0.5) is 13.2 Å². The molecule has 1 aromatic rings. The minimum Gasteiger partial charge on any atom is -0.381 e. The lowest BCUT2D eigenvalue weighted by Crippen LogP contribution is -2.51. The SMILES string of the molecule is C[C@](O)(c1ccc(C(=O)N(C2CC2)C2CCN(C3CCOCC3)CC2)cc1)C(F)(F)F. The van der Waals surface area contributed by atoms with E-state index in [-0.39, 0.29) is 23.6 Å². The summed E-state index contributed by atoms with van der Waals surface area (Å²) in [4.78, 5) is 17.8. The largest absolute Gasteiger partial charge is 0.421 e. The summed E-state index contributed by atoms with van der Waals surface area (Å²) in [6.07, 6.45) is 1.13. The van der Waals surface area contributed by atoms with Crippen molar-refractivity contribution in [2.45, 2.75) is 75.4 Å². The van der Waals surface area contributed by atoms with E-state index >= 15 is 0 Å². The quantitative estimate of drug-likeness (QED) is 0.759. The molecule has 0 bridgehead atoms. The van der Waals surface area contributed by atoms with Gasteiger partial charge in [0, 0.05) is 50.0 Å². The van der Waals surface area contributed by atoms with Gasteiger partial charge in [-0.25, -0.2) is 0 Å². The Labute approximate surface area is 181 Å². The van der Waals surface area contributed by atoms with Gasteiger partial charge in [0.2, 0.25) is 0 Å². The predicted octanol–water partition coefficient (Wildman–Crippen LogP) is 3.70. The molecule has 0 radical (unpaired) electrons. The summed E-state index contributed by atoms with van der Waals surface area (Å²) < 4.78 is 44.7. The van der Waals surface area contributed by atoms with Crippen LogP contribution in [-0.4, -0.2) is 71.4 Å². The Morgan fingerprint density at radius 2 is 1.55 bits per heavy atom. The summed E-state index contributed by atoms with van der Waals surface area (Å²) in [7, 11) is 0. The van der Waals surface area contributed by atoms with E-state index in [0.29, 0.717) is 11.6 Å². The van der Waals surface area contributed by atoms with E-state index in [2.05, 4.69) is 4.90 Å². The van der Waals surface area contributed by atoms with Crippen molar-refractivity contribution in [3.63, 3.8) is 0 Å². The predicted molar refractivity (Wildman–Crippen MR) is 110 cm³/mol. The number of alkyl halides is 3. The third-order valence-electron chi connectivity index (χ3n) is 7.02. The number of carbonyl (C=O) groups excluding carboxylic acids is 1. The van der Waals surface area contributed by atoms with E-state index in [1.807, 2.05) is 4.90 Å². The molecule has 3 aliphatic rings. The Bertz CT molecular complexity index is 763. The van der Waals surface area contributed by atoms with Crippen LogP contribution in [0.5, 0.6) is 0 Å². The number of nitrogens with zero attached hydrogens (tertiary/aromatic N) is 2. The van der Waals surface area contributed by atoms with Crippen LogP contribution in [0.3, 0.4) is 0 Å². The van der Waals surface area contributed by atoms with Gasteiger partial charge in [0.1, 0.15) is 0 Å². The second-order valence-electron chi connectivity index (χ2n) is 9.20. The molecule has 1 aromatic carbocycles. The minimum atomic E-state index is -4.78. The van der Waals surface area contributed by atoms with Crippen molar-refractivity contribution in [1.29, 1.82) is 0 Å². The van der Waals surface area contributed by atoms with Gasteiger partial charge in [0.05, 0.1) is 0 Å². The average Bonchev–Trinajstić information content (AvgIpc) is 3.59. The molecule has 0 aromatic heterocycles. The highest BCUT2D eigenvalue weighted by atomic mass is 19.4.